The summed E-state index contributed by atoms with van der Waals surface area (Å²) in [5.74, 6) is 1.57. The van der Waals surface area contributed by atoms with Crippen LogP contribution >= 0.6 is 0 Å². The molecule has 23 heavy (non-hydrogen) atoms. The second kappa shape index (κ2) is 5.21. The molecule has 2 nitrogen and oxygen atoms in total. The van der Waals surface area contributed by atoms with Gasteiger partial charge in [-0.05, 0) is 67.6 Å². The second-order valence-corrected chi connectivity index (χ2v) is 7.72. The zero-order valence-electron chi connectivity index (χ0n) is 12.9. The first-order valence-electron chi connectivity index (χ1n) is 8.37. The first-order valence-corrected chi connectivity index (χ1v) is 8.37. The van der Waals surface area contributed by atoms with E-state index in [0.717, 1.165) is 49.8 Å². The molecule has 0 aromatic heterocycles. The Balaban J connectivity index is 1.40. The van der Waals surface area contributed by atoms with Gasteiger partial charge in [0.15, 0.2) is 0 Å². The van der Waals surface area contributed by atoms with Crippen molar-refractivity contribution in [1.29, 1.82) is 0 Å². The Kier molecular flexibility index (Phi) is 3.50. The molecule has 0 spiro atoms. The minimum Gasteiger partial charge on any atom is -0.390 e. The number of benzene rings is 1. The molecule has 5 rings (SSSR count). The number of aliphatic hydroxyl groups is 1. The Hall–Kier alpha value is -1.07. The Morgan fingerprint density at radius 2 is 1.65 bits per heavy atom. The standard InChI is InChI=1S/C18H21F3NO/c19-18(20,21)15-3-1-11(2-4-15)10-22-16-13-5-12-6-14(16)9-17(23,7-12)8-13/h1-4,12-14,16,23H,5-10H2. The summed E-state index contributed by atoms with van der Waals surface area (Å²) < 4.78 is 37.7. The maximum absolute atomic E-state index is 12.6. The van der Waals surface area contributed by atoms with Crippen LogP contribution in [-0.2, 0) is 12.7 Å². The van der Waals surface area contributed by atoms with Crippen LogP contribution in [0.15, 0.2) is 24.3 Å². The monoisotopic (exact) mass is 324 g/mol. The SMILES string of the molecule is OC12CC3CC(C1)C([N]Cc1ccc(C(F)(F)F)cc1)C(C3)C2. The molecule has 0 amide bonds. The van der Waals surface area contributed by atoms with Crippen LogP contribution in [0.1, 0.15) is 43.2 Å². The molecule has 1 aromatic rings. The summed E-state index contributed by atoms with van der Waals surface area (Å²) in [5.41, 5.74) is -0.250. The van der Waals surface area contributed by atoms with E-state index in [1.54, 1.807) is 0 Å². The van der Waals surface area contributed by atoms with Crippen LogP contribution in [0.25, 0.3) is 0 Å². The first-order chi connectivity index (χ1) is 10.8. The van der Waals surface area contributed by atoms with Crippen LogP contribution in [0.3, 0.4) is 0 Å². The van der Waals surface area contributed by atoms with Crippen LogP contribution in [0, 0.1) is 17.8 Å². The summed E-state index contributed by atoms with van der Waals surface area (Å²) in [6.07, 6.45) is 0.667. The summed E-state index contributed by atoms with van der Waals surface area (Å²) >= 11 is 0. The molecule has 0 aliphatic heterocycles. The molecule has 0 saturated heterocycles. The van der Waals surface area contributed by atoms with E-state index in [1.165, 1.54) is 12.1 Å². The normalized spacial score (nSPS) is 39.0. The number of halogens is 3. The predicted octanol–water partition coefficient (Wildman–Crippen LogP) is 3.75. The molecule has 5 heteroatoms. The molecule has 1 aromatic carbocycles. The van der Waals surface area contributed by atoms with Crippen LogP contribution < -0.4 is 5.32 Å². The fourth-order valence-electron chi connectivity index (χ4n) is 5.26. The van der Waals surface area contributed by atoms with Gasteiger partial charge in [0.25, 0.3) is 0 Å². The van der Waals surface area contributed by atoms with Crippen LogP contribution in [0.5, 0.6) is 0 Å². The van der Waals surface area contributed by atoms with E-state index in [0.29, 0.717) is 24.3 Å². The highest BCUT2D eigenvalue weighted by Gasteiger charge is 2.54. The zero-order chi connectivity index (χ0) is 16.2. The average molecular weight is 324 g/mol. The van der Waals surface area contributed by atoms with Crippen LogP contribution in [-0.4, -0.2) is 16.7 Å². The number of rotatable bonds is 3. The van der Waals surface area contributed by atoms with Gasteiger partial charge in [-0.3, -0.25) is 0 Å². The molecule has 2 unspecified atom stereocenters. The molecule has 1 N–H and O–H groups in total. The Bertz CT molecular complexity index is 567. The van der Waals surface area contributed by atoms with Crippen molar-refractivity contribution in [3.05, 3.63) is 35.4 Å². The fraction of sp³-hybridized carbons (Fsp3) is 0.667. The number of hydrogen-bond acceptors (Lipinski definition) is 1. The number of nitrogens with zero attached hydrogens (tertiary/aromatic N) is 1. The molecule has 2 atom stereocenters. The van der Waals surface area contributed by atoms with Crippen molar-refractivity contribution < 1.29 is 18.3 Å². The quantitative estimate of drug-likeness (QED) is 0.903. The van der Waals surface area contributed by atoms with Crippen molar-refractivity contribution >= 4 is 0 Å². The van der Waals surface area contributed by atoms with Gasteiger partial charge >= 0.3 is 6.18 Å². The minimum atomic E-state index is -4.29. The van der Waals surface area contributed by atoms with Gasteiger partial charge in [-0.15, -0.1) is 0 Å². The lowest BCUT2D eigenvalue weighted by molar-refractivity contribution is -0.139. The summed E-state index contributed by atoms with van der Waals surface area (Å²) in [5, 5.41) is 15.4. The molecule has 4 fully saturated rings. The lowest BCUT2D eigenvalue weighted by Gasteiger charge is -2.57. The van der Waals surface area contributed by atoms with Gasteiger partial charge in [0, 0.05) is 12.6 Å². The minimum absolute atomic E-state index is 0.272. The van der Waals surface area contributed by atoms with Gasteiger partial charge in [0.05, 0.1) is 11.2 Å². The van der Waals surface area contributed by atoms with Crippen molar-refractivity contribution in [3.8, 4) is 0 Å². The van der Waals surface area contributed by atoms with Gasteiger partial charge in [-0.2, -0.15) is 13.2 Å². The van der Waals surface area contributed by atoms with Gasteiger partial charge in [0.1, 0.15) is 0 Å². The maximum atomic E-state index is 12.6. The fourth-order valence-corrected chi connectivity index (χ4v) is 5.26. The van der Waals surface area contributed by atoms with Crippen molar-refractivity contribution in [2.45, 2.75) is 56.5 Å². The summed E-state index contributed by atoms with van der Waals surface area (Å²) in [6.45, 7) is 0.471. The van der Waals surface area contributed by atoms with Gasteiger partial charge < -0.3 is 5.11 Å². The van der Waals surface area contributed by atoms with E-state index in [2.05, 4.69) is 0 Å². The Labute approximate surface area is 134 Å². The average Bonchev–Trinajstić information content (AvgIpc) is 2.44. The van der Waals surface area contributed by atoms with Crippen molar-refractivity contribution in [3.63, 3.8) is 0 Å². The number of hydrogen-bond donors (Lipinski definition) is 1. The molecule has 4 bridgehead atoms. The smallest absolute Gasteiger partial charge is 0.390 e. The lowest BCUT2D eigenvalue weighted by Crippen LogP contribution is -2.59. The third kappa shape index (κ3) is 2.89. The molecule has 4 aliphatic rings. The predicted molar refractivity (Wildman–Crippen MR) is 79.6 cm³/mol. The number of alkyl halides is 3. The molecule has 125 valence electrons. The zero-order valence-corrected chi connectivity index (χ0v) is 12.9. The molecule has 4 aliphatic carbocycles. The van der Waals surface area contributed by atoms with Gasteiger partial charge in [-0.1, -0.05) is 12.1 Å². The highest BCUT2D eigenvalue weighted by atomic mass is 19.4. The third-order valence-corrected chi connectivity index (χ3v) is 5.96. The molecular formula is C18H21F3NO. The summed E-state index contributed by atoms with van der Waals surface area (Å²) in [6, 6.07) is 5.58. The van der Waals surface area contributed by atoms with Gasteiger partial charge in [-0.25, -0.2) is 5.32 Å². The molecule has 0 heterocycles. The van der Waals surface area contributed by atoms with E-state index in [9.17, 15) is 18.3 Å². The van der Waals surface area contributed by atoms with Crippen LogP contribution in [0.4, 0.5) is 13.2 Å². The van der Waals surface area contributed by atoms with Crippen molar-refractivity contribution in [1.82, 2.24) is 5.32 Å². The van der Waals surface area contributed by atoms with Crippen molar-refractivity contribution in [2.75, 3.05) is 0 Å². The van der Waals surface area contributed by atoms with E-state index in [-0.39, 0.29) is 6.04 Å². The van der Waals surface area contributed by atoms with Crippen molar-refractivity contribution in [2.24, 2.45) is 17.8 Å². The molecule has 1 radical (unpaired) electrons. The van der Waals surface area contributed by atoms with E-state index in [1.807, 2.05) is 0 Å². The highest BCUT2D eigenvalue weighted by Crippen LogP contribution is 2.55. The van der Waals surface area contributed by atoms with E-state index < -0.39 is 17.3 Å². The summed E-state index contributed by atoms with van der Waals surface area (Å²) in [4.78, 5) is 0. The van der Waals surface area contributed by atoms with E-state index >= 15 is 0 Å². The molecule has 4 saturated carbocycles. The third-order valence-electron chi connectivity index (χ3n) is 5.96. The van der Waals surface area contributed by atoms with Crippen LogP contribution in [0.2, 0.25) is 0 Å². The Morgan fingerprint density at radius 1 is 1.04 bits per heavy atom. The maximum Gasteiger partial charge on any atom is 0.416 e. The Morgan fingerprint density at radius 3 is 2.17 bits per heavy atom. The van der Waals surface area contributed by atoms with E-state index in [4.69, 9.17) is 5.32 Å². The summed E-state index contributed by atoms with van der Waals surface area (Å²) in [7, 11) is 0. The topological polar surface area (TPSA) is 34.3 Å². The first kappa shape index (κ1) is 15.5. The lowest BCUT2D eigenvalue weighted by atomic mass is 9.52. The largest absolute Gasteiger partial charge is 0.416 e. The van der Waals surface area contributed by atoms with Gasteiger partial charge in [0.2, 0.25) is 0 Å². The second-order valence-electron chi connectivity index (χ2n) is 7.72. The molecular weight excluding hydrogens is 303 g/mol. The highest BCUT2D eigenvalue weighted by molar-refractivity contribution is 5.24.